The second-order valence-electron chi connectivity index (χ2n) is 5.28. The molecule has 0 saturated heterocycles. The van der Waals surface area contributed by atoms with Crippen LogP contribution in [0.2, 0.25) is 0 Å². The lowest BCUT2D eigenvalue weighted by atomic mass is 10.1. The monoisotopic (exact) mass is 332 g/mol. The molecule has 2 aromatic rings. The Morgan fingerprint density at radius 1 is 1.00 bits per heavy atom. The number of hydrogen-bond donors (Lipinski definition) is 2. The highest BCUT2D eigenvalue weighted by molar-refractivity contribution is 7.89. The van der Waals surface area contributed by atoms with Crippen molar-refractivity contribution in [3.05, 3.63) is 59.2 Å². The van der Waals surface area contributed by atoms with Gasteiger partial charge in [0, 0.05) is 17.8 Å². The molecule has 1 amide bonds. The van der Waals surface area contributed by atoms with Crippen LogP contribution in [0.25, 0.3) is 0 Å². The molecular formula is C17H20N2O3S. The van der Waals surface area contributed by atoms with Crippen LogP contribution in [0, 0.1) is 13.8 Å². The Labute approximate surface area is 136 Å². The van der Waals surface area contributed by atoms with Gasteiger partial charge in [0.2, 0.25) is 10.0 Å². The number of rotatable bonds is 5. The van der Waals surface area contributed by atoms with Gasteiger partial charge in [-0.2, -0.15) is 0 Å². The topological polar surface area (TPSA) is 75.3 Å². The molecule has 0 fully saturated rings. The van der Waals surface area contributed by atoms with Gasteiger partial charge in [-0.1, -0.05) is 13.0 Å². The van der Waals surface area contributed by atoms with Crippen molar-refractivity contribution < 1.29 is 13.2 Å². The quantitative estimate of drug-likeness (QED) is 0.884. The maximum Gasteiger partial charge on any atom is 0.255 e. The number of nitrogens with one attached hydrogen (secondary N) is 2. The van der Waals surface area contributed by atoms with Gasteiger partial charge in [-0.05, 0) is 61.4 Å². The van der Waals surface area contributed by atoms with E-state index in [0.717, 1.165) is 11.1 Å². The van der Waals surface area contributed by atoms with E-state index in [0.29, 0.717) is 17.8 Å². The molecule has 0 aliphatic carbocycles. The van der Waals surface area contributed by atoms with E-state index >= 15 is 0 Å². The number of hydrogen-bond acceptors (Lipinski definition) is 3. The minimum atomic E-state index is -3.50. The molecule has 0 atom stereocenters. The Morgan fingerprint density at radius 3 is 2.22 bits per heavy atom. The van der Waals surface area contributed by atoms with Crippen LogP contribution in [0.5, 0.6) is 0 Å². The van der Waals surface area contributed by atoms with E-state index < -0.39 is 10.0 Å². The van der Waals surface area contributed by atoms with Crippen LogP contribution in [0.15, 0.2) is 47.4 Å². The van der Waals surface area contributed by atoms with Crippen LogP contribution in [0.3, 0.4) is 0 Å². The van der Waals surface area contributed by atoms with Crippen molar-refractivity contribution in [3.63, 3.8) is 0 Å². The molecule has 0 aliphatic heterocycles. The van der Waals surface area contributed by atoms with Crippen molar-refractivity contribution in [2.24, 2.45) is 0 Å². The third kappa shape index (κ3) is 4.18. The molecule has 2 N–H and O–H groups in total. The van der Waals surface area contributed by atoms with Gasteiger partial charge in [-0.3, -0.25) is 4.79 Å². The first kappa shape index (κ1) is 17.2. The first-order valence-electron chi connectivity index (χ1n) is 7.32. The van der Waals surface area contributed by atoms with E-state index in [1.54, 1.807) is 6.92 Å². The fraction of sp³-hybridized carbons (Fsp3) is 0.235. The zero-order chi connectivity index (χ0) is 17.0. The molecule has 0 spiro atoms. The van der Waals surface area contributed by atoms with Crippen LogP contribution in [0.4, 0.5) is 5.69 Å². The van der Waals surface area contributed by atoms with Gasteiger partial charge in [-0.15, -0.1) is 0 Å². The van der Waals surface area contributed by atoms with Crippen LogP contribution < -0.4 is 10.0 Å². The highest BCUT2D eigenvalue weighted by Crippen LogP contribution is 2.16. The lowest BCUT2D eigenvalue weighted by Crippen LogP contribution is -2.23. The van der Waals surface area contributed by atoms with Gasteiger partial charge in [-0.25, -0.2) is 13.1 Å². The van der Waals surface area contributed by atoms with E-state index in [4.69, 9.17) is 0 Å². The van der Waals surface area contributed by atoms with Gasteiger partial charge >= 0.3 is 0 Å². The first-order chi connectivity index (χ1) is 10.8. The van der Waals surface area contributed by atoms with Crippen LogP contribution in [0.1, 0.15) is 28.4 Å². The minimum absolute atomic E-state index is 0.141. The second-order valence-corrected chi connectivity index (χ2v) is 7.05. The average Bonchev–Trinajstić information content (AvgIpc) is 2.51. The van der Waals surface area contributed by atoms with E-state index in [1.165, 1.54) is 24.3 Å². The molecule has 0 radical (unpaired) electrons. The Kier molecular flexibility index (Phi) is 5.18. The summed E-state index contributed by atoms with van der Waals surface area (Å²) in [6, 6.07) is 11.5. The molecule has 0 unspecified atom stereocenters. The van der Waals surface area contributed by atoms with Crippen molar-refractivity contribution in [2.75, 3.05) is 11.9 Å². The largest absolute Gasteiger partial charge is 0.322 e. The predicted molar refractivity (Wildman–Crippen MR) is 91.2 cm³/mol. The van der Waals surface area contributed by atoms with Gasteiger partial charge in [0.05, 0.1) is 4.90 Å². The SMILES string of the molecule is CCNS(=O)(=O)c1ccc(C(=O)Nc2ccc(C)c(C)c2)cc1. The molecule has 2 rings (SSSR count). The van der Waals surface area contributed by atoms with Crippen molar-refractivity contribution in [1.82, 2.24) is 4.72 Å². The Bertz CT molecular complexity index is 812. The number of carbonyl (C=O) groups is 1. The Morgan fingerprint density at radius 2 is 1.65 bits per heavy atom. The number of benzene rings is 2. The molecule has 0 heterocycles. The smallest absolute Gasteiger partial charge is 0.255 e. The van der Waals surface area contributed by atoms with Crippen molar-refractivity contribution >= 4 is 21.6 Å². The molecule has 5 nitrogen and oxygen atoms in total. The summed E-state index contributed by atoms with van der Waals surface area (Å²) in [5, 5.41) is 2.81. The lowest BCUT2D eigenvalue weighted by Gasteiger charge is -2.09. The van der Waals surface area contributed by atoms with Crippen molar-refractivity contribution in [2.45, 2.75) is 25.7 Å². The summed E-state index contributed by atoms with van der Waals surface area (Å²) < 4.78 is 26.1. The van der Waals surface area contributed by atoms with Gasteiger partial charge in [0.1, 0.15) is 0 Å². The minimum Gasteiger partial charge on any atom is -0.322 e. The third-order valence-corrected chi connectivity index (χ3v) is 5.09. The molecule has 23 heavy (non-hydrogen) atoms. The molecule has 0 aromatic heterocycles. The van der Waals surface area contributed by atoms with Gasteiger partial charge < -0.3 is 5.32 Å². The van der Waals surface area contributed by atoms with Crippen LogP contribution >= 0.6 is 0 Å². The summed E-state index contributed by atoms with van der Waals surface area (Å²) in [4.78, 5) is 12.4. The van der Waals surface area contributed by atoms with Crippen LogP contribution in [-0.2, 0) is 10.0 Å². The summed E-state index contributed by atoms with van der Waals surface area (Å²) in [6.45, 7) is 6.01. The van der Waals surface area contributed by atoms with E-state index in [-0.39, 0.29) is 10.8 Å². The summed E-state index contributed by atoms with van der Waals surface area (Å²) in [5.41, 5.74) is 3.36. The Hall–Kier alpha value is -2.18. The van der Waals surface area contributed by atoms with Gasteiger partial charge in [0.15, 0.2) is 0 Å². The molecular weight excluding hydrogens is 312 g/mol. The fourth-order valence-corrected chi connectivity index (χ4v) is 3.12. The second kappa shape index (κ2) is 6.93. The zero-order valence-electron chi connectivity index (χ0n) is 13.4. The van der Waals surface area contributed by atoms with Crippen molar-refractivity contribution in [1.29, 1.82) is 0 Å². The Balaban J connectivity index is 2.15. The normalized spacial score (nSPS) is 11.3. The van der Waals surface area contributed by atoms with Gasteiger partial charge in [0.25, 0.3) is 5.91 Å². The third-order valence-electron chi connectivity index (χ3n) is 3.53. The molecule has 0 saturated carbocycles. The molecule has 0 bridgehead atoms. The fourth-order valence-electron chi connectivity index (χ4n) is 2.08. The number of anilines is 1. The van der Waals surface area contributed by atoms with Crippen LogP contribution in [-0.4, -0.2) is 20.9 Å². The lowest BCUT2D eigenvalue weighted by molar-refractivity contribution is 0.102. The number of amides is 1. The molecule has 6 heteroatoms. The van der Waals surface area contributed by atoms with E-state index in [1.807, 2.05) is 32.0 Å². The molecule has 122 valence electrons. The van der Waals surface area contributed by atoms with Crippen molar-refractivity contribution in [3.8, 4) is 0 Å². The average molecular weight is 332 g/mol. The number of carbonyl (C=O) groups excluding carboxylic acids is 1. The first-order valence-corrected chi connectivity index (χ1v) is 8.80. The van der Waals surface area contributed by atoms with E-state index in [2.05, 4.69) is 10.0 Å². The molecule has 2 aromatic carbocycles. The highest BCUT2D eigenvalue weighted by atomic mass is 32.2. The predicted octanol–water partition coefficient (Wildman–Crippen LogP) is 2.85. The number of sulfonamides is 1. The zero-order valence-corrected chi connectivity index (χ0v) is 14.2. The summed E-state index contributed by atoms with van der Waals surface area (Å²) in [6.07, 6.45) is 0. The maximum atomic E-state index is 12.2. The summed E-state index contributed by atoms with van der Waals surface area (Å²) >= 11 is 0. The highest BCUT2D eigenvalue weighted by Gasteiger charge is 2.13. The molecule has 0 aliphatic rings. The standard InChI is InChI=1S/C17H20N2O3S/c1-4-18-23(21,22)16-9-6-14(7-10-16)17(20)19-15-8-5-12(2)13(3)11-15/h5-11,18H,4H2,1-3H3,(H,19,20). The summed E-state index contributed by atoms with van der Waals surface area (Å²) in [5.74, 6) is -0.277. The number of aryl methyl sites for hydroxylation is 2. The maximum absolute atomic E-state index is 12.2. The van der Waals surface area contributed by atoms with E-state index in [9.17, 15) is 13.2 Å². The summed E-state index contributed by atoms with van der Waals surface area (Å²) in [7, 11) is -3.50.